The highest BCUT2D eigenvalue weighted by molar-refractivity contribution is 6.36. The van der Waals surface area contributed by atoms with E-state index in [0.717, 1.165) is 0 Å². The maximum Gasteiger partial charge on any atom is 0.408 e. The van der Waals surface area contributed by atoms with Crippen LogP contribution < -0.4 is 0 Å². The molecule has 0 saturated carbocycles. The Kier molecular flexibility index (Phi) is 4.50. The molecule has 1 rings (SSSR count). The molecule has 0 unspecified atom stereocenters. The fourth-order valence-corrected chi connectivity index (χ4v) is 2.42. The van der Waals surface area contributed by atoms with Crippen LogP contribution in [0.15, 0.2) is 0 Å². The Labute approximate surface area is 120 Å². The molecule has 21 heavy (non-hydrogen) atoms. The molecule has 9 heteroatoms. The SMILES string of the molecule is CC(C)(C)O[C@H]1CCN(C(=O)O)[C@@]1(C(=O)O)C(=O)C=[N+]=[N-]. The number of nitrogens with zero attached hydrogens (tertiary/aromatic N) is 3. The highest BCUT2D eigenvalue weighted by atomic mass is 16.5. The van der Waals surface area contributed by atoms with Crippen molar-refractivity contribution in [3.8, 4) is 0 Å². The topological polar surface area (TPSA) is 141 Å². The molecule has 0 aromatic carbocycles. The van der Waals surface area contributed by atoms with Crippen LogP contribution in [0, 0.1) is 0 Å². The Hall–Kier alpha value is -2.25. The number of aliphatic carboxylic acids is 1. The average molecular weight is 299 g/mol. The van der Waals surface area contributed by atoms with Crippen LogP contribution in [0.4, 0.5) is 4.79 Å². The third kappa shape index (κ3) is 2.93. The summed E-state index contributed by atoms with van der Waals surface area (Å²) in [5.74, 6) is -2.83. The maximum atomic E-state index is 12.1. The van der Waals surface area contributed by atoms with Gasteiger partial charge >= 0.3 is 18.3 Å². The lowest BCUT2D eigenvalue weighted by Gasteiger charge is -2.36. The van der Waals surface area contributed by atoms with Crippen molar-refractivity contribution in [1.82, 2.24) is 4.90 Å². The molecule has 2 N–H and O–H groups in total. The van der Waals surface area contributed by atoms with Gasteiger partial charge < -0.3 is 20.5 Å². The molecule has 0 aromatic heterocycles. The highest BCUT2D eigenvalue weighted by Crippen LogP contribution is 2.35. The second-order valence-electron chi connectivity index (χ2n) is 5.62. The van der Waals surface area contributed by atoms with Gasteiger partial charge in [-0.2, -0.15) is 4.79 Å². The average Bonchev–Trinajstić information content (AvgIpc) is 2.67. The van der Waals surface area contributed by atoms with Crippen molar-refractivity contribution in [3.05, 3.63) is 5.53 Å². The third-order valence-corrected chi connectivity index (χ3v) is 3.11. The zero-order chi connectivity index (χ0) is 16.4. The molecule has 0 bridgehead atoms. The number of rotatable bonds is 4. The monoisotopic (exact) mass is 299 g/mol. The smallest absolute Gasteiger partial charge is 0.408 e. The van der Waals surface area contributed by atoms with Crippen LogP contribution in [0.2, 0.25) is 0 Å². The first-order valence-corrected chi connectivity index (χ1v) is 6.21. The summed E-state index contributed by atoms with van der Waals surface area (Å²) in [6, 6.07) is 0. The summed E-state index contributed by atoms with van der Waals surface area (Å²) in [6.45, 7) is 4.81. The number of carbonyl (C=O) groups is 3. The van der Waals surface area contributed by atoms with Gasteiger partial charge in [-0.1, -0.05) is 0 Å². The van der Waals surface area contributed by atoms with E-state index < -0.39 is 35.1 Å². The zero-order valence-corrected chi connectivity index (χ0v) is 11.9. The van der Waals surface area contributed by atoms with Crippen LogP contribution in [0.25, 0.3) is 5.53 Å². The molecule has 0 aromatic rings. The van der Waals surface area contributed by atoms with Crippen LogP contribution in [-0.4, -0.2) is 67.8 Å². The second kappa shape index (κ2) is 5.63. The summed E-state index contributed by atoms with van der Waals surface area (Å²) >= 11 is 0. The van der Waals surface area contributed by atoms with E-state index in [0.29, 0.717) is 11.1 Å². The number of Topliss-reactive ketones (excluding diaryl/α,β-unsaturated/α-hetero) is 1. The number of ketones is 1. The molecule has 0 radical (unpaired) electrons. The predicted molar refractivity (Wildman–Crippen MR) is 69.0 cm³/mol. The van der Waals surface area contributed by atoms with Gasteiger partial charge in [-0.3, -0.25) is 9.69 Å². The normalized spacial score (nSPS) is 25.3. The maximum absolute atomic E-state index is 12.1. The molecule has 9 nitrogen and oxygen atoms in total. The third-order valence-electron chi connectivity index (χ3n) is 3.11. The number of ether oxygens (including phenoxy) is 1. The van der Waals surface area contributed by atoms with Crippen molar-refractivity contribution in [2.75, 3.05) is 6.54 Å². The minimum absolute atomic E-state index is 0.0425. The minimum Gasteiger partial charge on any atom is -0.479 e. The molecule has 0 aliphatic carbocycles. The fourth-order valence-electron chi connectivity index (χ4n) is 2.42. The van der Waals surface area contributed by atoms with Crippen LogP contribution >= 0.6 is 0 Å². The number of carboxylic acid groups (broad SMARTS) is 2. The molecule has 0 spiro atoms. The predicted octanol–water partition coefficient (Wildman–Crippen LogP) is 0.247. The Morgan fingerprint density at radius 3 is 2.33 bits per heavy atom. The van der Waals surface area contributed by atoms with Gasteiger partial charge in [0.2, 0.25) is 5.54 Å². The van der Waals surface area contributed by atoms with Crippen LogP contribution in [0.1, 0.15) is 27.2 Å². The molecular formula is C12H17N3O6. The number of carbonyl (C=O) groups excluding carboxylic acids is 1. The molecule has 1 amide bonds. The number of amides is 1. The Morgan fingerprint density at radius 2 is 1.95 bits per heavy atom. The number of hydrogen-bond donors (Lipinski definition) is 2. The second-order valence-corrected chi connectivity index (χ2v) is 5.62. The Balaban J connectivity index is 3.44. The summed E-state index contributed by atoms with van der Waals surface area (Å²) in [6.07, 6.45) is -2.32. The van der Waals surface area contributed by atoms with E-state index in [4.69, 9.17) is 10.3 Å². The standard InChI is InChI=1S/C12H17N3O6/c1-11(2,3)21-8-4-5-15(10(19)20)12(8,9(17)18)7(16)6-14-13/h6,8H,4-5H2,1-3H3,(H,17,18)(H,19,20)/t8-,12-/m0/s1. The molecular weight excluding hydrogens is 282 g/mol. The lowest BCUT2D eigenvalue weighted by Crippen LogP contribution is -2.65. The largest absolute Gasteiger partial charge is 0.479 e. The summed E-state index contributed by atoms with van der Waals surface area (Å²) < 4.78 is 5.57. The van der Waals surface area contributed by atoms with Crippen molar-refractivity contribution in [3.63, 3.8) is 0 Å². The molecule has 1 aliphatic heterocycles. The minimum atomic E-state index is -2.45. The Bertz CT molecular complexity index is 520. The van der Waals surface area contributed by atoms with Gasteiger partial charge in [0.1, 0.15) is 6.10 Å². The molecule has 2 atom stereocenters. The van der Waals surface area contributed by atoms with Crippen molar-refractivity contribution in [2.24, 2.45) is 0 Å². The molecule has 1 saturated heterocycles. The first-order chi connectivity index (χ1) is 9.57. The number of carboxylic acids is 1. The van der Waals surface area contributed by atoms with Gasteiger partial charge in [-0.05, 0) is 27.2 Å². The number of likely N-dealkylation sites (tertiary alicyclic amines) is 1. The van der Waals surface area contributed by atoms with Crippen LogP contribution in [0.3, 0.4) is 0 Å². The number of hydrogen-bond acceptors (Lipinski definition) is 4. The fraction of sp³-hybridized carbons (Fsp3) is 0.667. The van der Waals surface area contributed by atoms with Crippen LogP contribution in [-0.2, 0) is 14.3 Å². The van der Waals surface area contributed by atoms with E-state index >= 15 is 0 Å². The molecule has 1 heterocycles. The first kappa shape index (κ1) is 16.8. The lowest BCUT2D eigenvalue weighted by atomic mass is 9.88. The first-order valence-electron chi connectivity index (χ1n) is 6.21. The van der Waals surface area contributed by atoms with Crippen molar-refractivity contribution < 1.29 is 34.1 Å². The molecule has 1 aliphatic rings. The van der Waals surface area contributed by atoms with Crippen molar-refractivity contribution in [2.45, 2.75) is 44.4 Å². The van der Waals surface area contributed by atoms with Gasteiger partial charge in [0.25, 0.3) is 5.78 Å². The van der Waals surface area contributed by atoms with Crippen molar-refractivity contribution in [1.29, 1.82) is 0 Å². The zero-order valence-electron chi connectivity index (χ0n) is 11.9. The molecule has 1 fully saturated rings. The summed E-state index contributed by atoms with van der Waals surface area (Å²) in [5, 5.41) is 18.7. The van der Waals surface area contributed by atoms with E-state index in [9.17, 15) is 24.6 Å². The van der Waals surface area contributed by atoms with Gasteiger partial charge in [0.05, 0.1) is 5.60 Å². The Morgan fingerprint density at radius 1 is 1.38 bits per heavy atom. The van der Waals surface area contributed by atoms with E-state index in [1.807, 2.05) is 0 Å². The highest BCUT2D eigenvalue weighted by Gasteiger charge is 2.64. The van der Waals surface area contributed by atoms with E-state index in [1.165, 1.54) is 0 Å². The molecule has 116 valence electrons. The van der Waals surface area contributed by atoms with Gasteiger partial charge in [0.15, 0.2) is 0 Å². The van der Waals surface area contributed by atoms with Crippen molar-refractivity contribution >= 4 is 24.1 Å². The quantitative estimate of drug-likeness (QED) is 0.330. The van der Waals surface area contributed by atoms with Gasteiger partial charge in [-0.25, -0.2) is 9.59 Å². The summed E-state index contributed by atoms with van der Waals surface area (Å²) in [7, 11) is 0. The van der Waals surface area contributed by atoms with E-state index in [1.54, 1.807) is 20.8 Å². The lowest BCUT2D eigenvalue weighted by molar-refractivity contribution is -0.167. The van der Waals surface area contributed by atoms with Gasteiger partial charge in [-0.15, -0.1) is 0 Å². The van der Waals surface area contributed by atoms with Crippen LogP contribution in [0.5, 0.6) is 0 Å². The van der Waals surface area contributed by atoms with E-state index in [2.05, 4.69) is 4.79 Å². The van der Waals surface area contributed by atoms with E-state index in [-0.39, 0.29) is 13.0 Å². The summed E-state index contributed by atoms with van der Waals surface area (Å²) in [4.78, 5) is 38.2. The van der Waals surface area contributed by atoms with Gasteiger partial charge in [0, 0.05) is 6.54 Å². The summed E-state index contributed by atoms with van der Waals surface area (Å²) in [5.41, 5.74) is 5.25.